The van der Waals surface area contributed by atoms with E-state index in [-0.39, 0.29) is 18.5 Å². The SMILES string of the molecule is COc1ccc2cnn(CC(=O)NCCc3nc4ccccc4n3C(C)C)c(=O)c2c1OC. The third kappa shape index (κ3) is 4.26. The van der Waals surface area contributed by atoms with Crippen LogP contribution >= 0.6 is 0 Å². The highest BCUT2D eigenvalue weighted by molar-refractivity contribution is 5.89. The number of carbonyl (C=O) groups is 1. The highest BCUT2D eigenvalue weighted by atomic mass is 16.5. The Balaban J connectivity index is 1.49. The maximum Gasteiger partial charge on any atom is 0.279 e. The maximum atomic E-state index is 13.0. The molecular weight excluding hydrogens is 422 g/mol. The zero-order valence-corrected chi connectivity index (χ0v) is 19.2. The molecule has 0 aliphatic carbocycles. The van der Waals surface area contributed by atoms with Gasteiger partial charge in [0.05, 0.1) is 36.8 Å². The minimum atomic E-state index is -0.417. The minimum Gasteiger partial charge on any atom is -0.493 e. The van der Waals surface area contributed by atoms with Gasteiger partial charge in [0, 0.05) is 24.4 Å². The first-order valence-corrected chi connectivity index (χ1v) is 10.8. The van der Waals surface area contributed by atoms with Crippen molar-refractivity contribution in [2.75, 3.05) is 20.8 Å². The Labute approximate surface area is 190 Å². The molecule has 0 fully saturated rings. The minimum absolute atomic E-state index is 0.199. The van der Waals surface area contributed by atoms with Gasteiger partial charge in [-0.2, -0.15) is 5.10 Å². The Morgan fingerprint density at radius 3 is 2.64 bits per heavy atom. The van der Waals surface area contributed by atoms with E-state index < -0.39 is 5.56 Å². The van der Waals surface area contributed by atoms with Crippen LogP contribution in [-0.4, -0.2) is 46.0 Å². The summed E-state index contributed by atoms with van der Waals surface area (Å²) >= 11 is 0. The van der Waals surface area contributed by atoms with Gasteiger partial charge in [0.1, 0.15) is 12.4 Å². The van der Waals surface area contributed by atoms with Crippen molar-refractivity contribution in [3.8, 4) is 11.5 Å². The van der Waals surface area contributed by atoms with Crippen LogP contribution in [0.3, 0.4) is 0 Å². The average molecular weight is 450 g/mol. The van der Waals surface area contributed by atoms with Crippen molar-refractivity contribution < 1.29 is 14.3 Å². The van der Waals surface area contributed by atoms with Gasteiger partial charge in [-0.25, -0.2) is 9.67 Å². The third-order valence-corrected chi connectivity index (χ3v) is 5.51. The van der Waals surface area contributed by atoms with Crippen molar-refractivity contribution in [2.45, 2.75) is 32.9 Å². The van der Waals surface area contributed by atoms with Crippen LogP contribution in [0, 0.1) is 0 Å². The average Bonchev–Trinajstić information content (AvgIpc) is 3.18. The number of ether oxygens (including phenoxy) is 2. The molecular formula is C24H27N5O4. The van der Waals surface area contributed by atoms with Crippen molar-refractivity contribution in [3.05, 3.63) is 58.8 Å². The van der Waals surface area contributed by atoms with Gasteiger partial charge < -0.3 is 19.4 Å². The molecule has 2 aromatic heterocycles. The smallest absolute Gasteiger partial charge is 0.279 e. The second-order valence-electron chi connectivity index (χ2n) is 7.95. The van der Waals surface area contributed by atoms with Crippen LogP contribution in [0.2, 0.25) is 0 Å². The molecule has 1 N–H and O–H groups in total. The largest absolute Gasteiger partial charge is 0.493 e. The first kappa shape index (κ1) is 22.3. The summed E-state index contributed by atoms with van der Waals surface area (Å²) in [4.78, 5) is 30.3. The molecule has 172 valence electrons. The van der Waals surface area contributed by atoms with E-state index >= 15 is 0 Å². The van der Waals surface area contributed by atoms with Gasteiger partial charge in [-0.15, -0.1) is 0 Å². The second-order valence-corrected chi connectivity index (χ2v) is 7.95. The number of fused-ring (bicyclic) bond motifs is 2. The molecule has 0 saturated heterocycles. The molecule has 9 heteroatoms. The topological polar surface area (TPSA) is 100 Å². The number of nitrogens with one attached hydrogen (secondary N) is 1. The van der Waals surface area contributed by atoms with Crippen molar-refractivity contribution in [3.63, 3.8) is 0 Å². The molecule has 0 radical (unpaired) electrons. The molecule has 4 aromatic rings. The maximum absolute atomic E-state index is 13.0. The quantitative estimate of drug-likeness (QED) is 0.444. The molecule has 1 amide bonds. The van der Waals surface area contributed by atoms with Crippen LogP contribution in [0.5, 0.6) is 11.5 Å². The monoisotopic (exact) mass is 449 g/mol. The summed E-state index contributed by atoms with van der Waals surface area (Å²) in [6.07, 6.45) is 2.11. The molecule has 4 rings (SSSR count). The van der Waals surface area contributed by atoms with Gasteiger partial charge in [-0.05, 0) is 38.1 Å². The second kappa shape index (κ2) is 9.32. The predicted molar refractivity (Wildman–Crippen MR) is 126 cm³/mol. The van der Waals surface area contributed by atoms with E-state index in [0.29, 0.717) is 35.2 Å². The summed E-state index contributed by atoms with van der Waals surface area (Å²) in [5.41, 5.74) is 1.59. The van der Waals surface area contributed by atoms with Crippen LogP contribution in [0.15, 0.2) is 47.4 Å². The number of hydrogen-bond donors (Lipinski definition) is 1. The van der Waals surface area contributed by atoms with E-state index in [0.717, 1.165) is 21.5 Å². The Morgan fingerprint density at radius 2 is 1.91 bits per heavy atom. The van der Waals surface area contributed by atoms with E-state index in [1.807, 2.05) is 24.3 Å². The number of imidazole rings is 1. The molecule has 0 aliphatic rings. The van der Waals surface area contributed by atoms with Gasteiger partial charge in [0.25, 0.3) is 5.56 Å². The zero-order valence-electron chi connectivity index (χ0n) is 19.2. The lowest BCUT2D eigenvalue weighted by Gasteiger charge is -2.14. The van der Waals surface area contributed by atoms with Gasteiger partial charge in [0.15, 0.2) is 11.5 Å². The summed E-state index contributed by atoms with van der Waals surface area (Å²) in [6, 6.07) is 11.7. The van der Waals surface area contributed by atoms with E-state index in [1.165, 1.54) is 20.4 Å². The predicted octanol–water partition coefficient (Wildman–Crippen LogP) is 2.70. The molecule has 0 bridgehead atoms. The number of benzene rings is 2. The van der Waals surface area contributed by atoms with Crippen LogP contribution in [-0.2, 0) is 17.8 Å². The molecule has 9 nitrogen and oxygen atoms in total. The lowest BCUT2D eigenvalue weighted by Crippen LogP contribution is -2.35. The molecule has 2 aromatic carbocycles. The van der Waals surface area contributed by atoms with E-state index in [9.17, 15) is 9.59 Å². The Hall–Kier alpha value is -3.88. The Bertz CT molecular complexity index is 1370. The van der Waals surface area contributed by atoms with Gasteiger partial charge in [-0.3, -0.25) is 9.59 Å². The van der Waals surface area contributed by atoms with Gasteiger partial charge >= 0.3 is 0 Å². The fraction of sp³-hybridized carbons (Fsp3) is 0.333. The molecule has 0 spiro atoms. The van der Waals surface area contributed by atoms with Crippen molar-refractivity contribution >= 4 is 27.7 Å². The first-order valence-electron chi connectivity index (χ1n) is 10.8. The number of aromatic nitrogens is 4. The number of methoxy groups -OCH3 is 2. The fourth-order valence-corrected chi connectivity index (χ4v) is 4.05. The van der Waals surface area contributed by atoms with Crippen LogP contribution < -0.4 is 20.3 Å². The van der Waals surface area contributed by atoms with Crippen LogP contribution in [0.25, 0.3) is 21.8 Å². The lowest BCUT2D eigenvalue weighted by atomic mass is 10.1. The molecule has 0 aliphatic heterocycles. The summed E-state index contributed by atoms with van der Waals surface area (Å²) in [6.45, 7) is 4.42. The lowest BCUT2D eigenvalue weighted by molar-refractivity contribution is -0.121. The van der Waals surface area contributed by atoms with Crippen molar-refractivity contribution in [1.82, 2.24) is 24.6 Å². The normalized spacial score (nSPS) is 11.3. The van der Waals surface area contributed by atoms with Gasteiger partial charge in [0.2, 0.25) is 5.91 Å². The first-order chi connectivity index (χ1) is 15.9. The number of para-hydroxylation sites is 2. The third-order valence-electron chi connectivity index (χ3n) is 5.51. The number of rotatable bonds is 8. The van der Waals surface area contributed by atoms with E-state index in [1.54, 1.807) is 12.1 Å². The standard InChI is InChI=1S/C24H27N5O4/c1-15(2)29-18-8-6-5-7-17(18)27-20(29)11-12-25-21(30)14-28-24(31)22-16(13-26-28)9-10-19(32-3)23(22)33-4/h5-10,13,15H,11-12,14H2,1-4H3,(H,25,30). The number of hydrogen-bond acceptors (Lipinski definition) is 6. The van der Waals surface area contributed by atoms with Gasteiger partial charge in [-0.1, -0.05) is 12.1 Å². The number of amides is 1. The molecule has 0 unspecified atom stereocenters. The summed E-state index contributed by atoms with van der Waals surface area (Å²) in [7, 11) is 2.98. The highest BCUT2D eigenvalue weighted by Crippen LogP contribution is 2.32. The molecule has 2 heterocycles. The highest BCUT2D eigenvalue weighted by Gasteiger charge is 2.17. The van der Waals surface area contributed by atoms with E-state index in [4.69, 9.17) is 14.5 Å². The Kier molecular flexibility index (Phi) is 6.30. The Morgan fingerprint density at radius 1 is 1.12 bits per heavy atom. The summed E-state index contributed by atoms with van der Waals surface area (Å²) < 4.78 is 14.0. The number of nitrogens with zero attached hydrogens (tertiary/aromatic N) is 4. The van der Waals surface area contributed by atoms with Crippen molar-refractivity contribution in [2.24, 2.45) is 0 Å². The summed E-state index contributed by atoms with van der Waals surface area (Å²) in [5, 5.41) is 7.95. The van der Waals surface area contributed by atoms with Crippen LogP contribution in [0.4, 0.5) is 0 Å². The molecule has 0 saturated carbocycles. The summed E-state index contributed by atoms with van der Waals surface area (Å²) in [5.74, 6) is 1.36. The molecule has 0 atom stereocenters. The van der Waals surface area contributed by atoms with Crippen molar-refractivity contribution in [1.29, 1.82) is 0 Å². The number of carbonyl (C=O) groups excluding carboxylic acids is 1. The molecule has 33 heavy (non-hydrogen) atoms. The zero-order chi connectivity index (χ0) is 23.5. The fourth-order valence-electron chi connectivity index (χ4n) is 4.05. The van der Waals surface area contributed by atoms with Crippen LogP contribution in [0.1, 0.15) is 25.7 Å². The van der Waals surface area contributed by atoms with E-state index in [2.05, 4.69) is 28.8 Å².